The van der Waals surface area contributed by atoms with Gasteiger partial charge in [0.05, 0.1) is 0 Å². The van der Waals surface area contributed by atoms with Crippen LogP contribution in [0.15, 0.2) is 36.5 Å². The van der Waals surface area contributed by atoms with Gasteiger partial charge in [-0.25, -0.2) is 9.97 Å². The van der Waals surface area contributed by atoms with Gasteiger partial charge in [-0.1, -0.05) is 24.3 Å². The summed E-state index contributed by atoms with van der Waals surface area (Å²) in [5.74, 6) is 5.10. The summed E-state index contributed by atoms with van der Waals surface area (Å²) >= 11 is 0. The fraction of sp³-hybridized carbons (Fsp3) is 0.444. The van der Waals surface area contributed by atoms with E-state index < -0.39 is 0 Å². The van der Waals surface area contributed by atoms with Crippen LogP contribution in [-0.2, 0) is 6.42 Å². The van der Waals surface area contributed by atoms with Crippen LogP contribution in [-0.4, -0.2) is 16.5 Å². The van der Waals surface area contributed by atoms with Crippen molar-refractivity contribution in [2.75, 3.05) is 11.9 Å². The van der Waals surface area contributed by atoms with Crippen molar-refractivity contribution in [3.63, 3.8) is 0 Å². The van der Waals surface area contributed by atoms with Crippen LogP contribution in [0.1, 0.15) is 41.6 Å². The predicted molar refractivity (Wildman–Crippen MR) is 82.4 cm³/mol. The Hall–Kier alpha value is -1.90. The van der Waals surface area contributed by atoms with Gasteiger partial charge in [0.15, 0.2) is 0 Å². The topological polar surface area (TPSA) is 37.8 Å². The Morgan fingerprint density at radius 1 is 1.14 bits per heavy atom. The van der Waals surface area contributed by atoms with E-state index in [9.17, 15) is 0 Å². The maximum absolute atomic E-state index is 4.65. The number of benzene rings is 1. The summed E-state index contributed by atoms with van der Waals surface area (Å²) < 4.78 is 0. The average Bonchev–Trinajstić information content (AvgIpc) is 3.43. The highest BCUT2D eigenvalue weighted by atomic mass is 15.0. The molecule has 0 amide bonds. The fourth-order valence-corrected chi connectivity index (χ4v) is 4.00. The van der Waals surface area contributed by atoms with Crippen molar-refractivity contribution in [1.29, 1.82) is 0 Å². The van der Waals surface area contributed by atoms with Crippen LogP contribution in [0.2, 0.25) is 0 Å². The van der Waals surface area contributed by atoms with Crippen molar-refractivity contribution in [3.8, 4) is 0 Å². The van der Waals surface area contributed by atoms with E-state index in [-0.39, 0.29) is 0 Å². The summed E-state index contributed by atoms with van der Waals surface area (Å²) in [6.45, 7) is 1.05. The van der Waals surface area contributed by atoms with Crippen LogP contribution in [0, 0.1) is 11.8 Å². The van der Waals surface area contributed by atoms with Gasteiger partial charge in [0.25, 0.3) is 0 Å². The molecule has 3 nitrogen and oxygen atoms in total. The molecule has 3 heteroatoms. The van der Waals surface area contributed by atoms with Gasteiger partial charge in [-0.15, -0.1) is 0 Å². The second-order valence-corrected chi connectivity index (χ2v) is 6.71. The van der Waals surface area contributed by atoms with E-state index in [1.807, 2.05) is 12.3 Å². The molecule has 21 heavy (non-hydrogen) atoms. The van der Waals surface area contributed by atoms with E-state index in [0.29, 0.717) is 5.92 Å². The molecule has 0 spiro atoms. The minimum atomic E-state index is 0.624. The fourth-order valence-electron chi connectivity index (χ4n) is 4.00. The number of nitrogens with one attached hydrogen (secondary N) is 1. The molecule has 3 unspecified atom stereocenters. The van der Waals surface area contributed by atoms with Gasteiger partial charge in [-0.2, -0.15) is 0 Å². The van der Waals surface area contributed by atoms with Crippen molar-refractivity contribution in [3.05, 3.63) is 53.5 Å². The Labute approximate surface area is 124 Å². The maximum atomic E-state index is 4.65. The molecule has 3 atom stereocenters. The van der Waals surface area contributed by atoms with Crippen LogP contribution in [0.5, 0.6) is 0 Å². The molecular formula is C18H19N3. The van der Waals surface area contributed by atoms with E-state index in [4.69, 9.17) is 0 Å². The third-order valence-electron chi connectivity index (χ3n) is 5.34. The largest absolute Gasteiger partial charge is 0.370 e. The molecule has 3 aliphatic carbocycles. The SMILES string of the molecule is c1ccc2c(c1)CC1C(CNc3ccnc(C4CC4)n3)C21. The molecule has 1 N–H and O–H groups in total. The number of anilines is 1. The van der Waals surface area contributed by atoms with Crippen LogP contribution < -0.4 is 5.32 Å². The number of rotatable bonds is 4. The summed E-state index contributed by atoms with van der Waals surface area (Å²) in [5, 5.41) is 3.54. The number of aromatic nitrogens is 2. The van der Waals surface area contributed by atoms with Gasteiger partial charge in [0.1, 0.15) is 11.6 Å². The highest BCUT2D eigenvalue weighted by Crippen LogP contribution is 2.61. The smallest absolute Gasteiger partial charge is 0.133 e. The Morgan fingerprint density at radius 3 is 2.95 bits per heavy atom. The predicted octanol–water partition coefficient (Wildman–Crippen LogP) is 3.35. The second-order valence-electron chi connectivity index (χ2n) is 6.71. The first-order valence-electron chi connectivity index (χ1n) is 8.05. The molecule has 1 heterocycles. The van der Waals surface area contributed by atoms with Crippen molar-refractivity contribution < 1.29 is 0 Å². The van der Waals surface area contributed by atoms with Crippen LogP contribution in [0.25, 0.3) is 0 Å². The van der Waals surface area contributed by atoms with Crippen molar-refractivity contribution in [2.24, 2.45) is 11.8 Å². The van der Waals surface area contributed by atoms with Gasteiger partial charge < -0.3 is 5.32 Å². The van der Waals surface area contributed by atoms with E-state index >= 15 is 0 Å². The molecule has 0 aliphatic heterocycles. The van der Waals surface area contributed by atoms with Gasteiger partial charge in [0.2, 0.25) is 0 Å². The van der Waals surface area contributed by atoms with Gasteiger partial charge in [-0.05, 0) is 54.2 Å². The van der Waals surface area contributed by atoms with Crippen LogP contribution in [0.3, 0.4) is 0 Å². The minimum Gasteiger partial charge on any atom is -0.370 e. The molecule has 5 rings (SSSR count). The molecular weight excluding hydrogens is 258 g/mol. The summed E-state index contributed by atoms with van der Waals surface area (Å²) in [6, 6.07) is 10.9. The highest BCUT2D eigenvalue weighted by Gasteiger charge is 2.54. The molecule has 2 aromatic rings. The normalized spacial score (nSPS) is 28.9. The highest BCUT2D eigenvalue weighted by molar-refractivity contribution is 5.44. The summed E-state index contributed by atoms with van der Waals surface area (Å²) in [7, 11) is 0. The molecule has 3 aliphatic rings. The summed E-state index contributed by atoms with van der Waals surface area (Å²) in [4.78, 5) is 9.03. The van der Waals surface area contributed by atoms with E-state index in [1.54, 1.807) is 11.1 Å². The van der Waals surface area contributed by atoms with Gasteiger partial charge in [0, 0.05) is 18.7 Å². The Balaban J connectivity index is 1.26. The van der Waals surface area contributed by atoms with E-state index in [2.05, 4.69) is 39.6 Å². The number of hydrogen-bond donors (Lipinski definition) is 1. The van der Waals surface area contributed by atoms with Crippen LogP contribution in [0.4, 0.5) is 5.82 Å². The average molecular weight is 277 g/mol. The lowest BCUT2D eigenvalue weighted by molar-refractivity contribution is 0.717. The zero-order valence-electron chi connectivity index (χ0n) is 12.0. The molecule has 0 radical (unpaired) electrons. The lowest BCUT2D eigenvalue weighted by Crippen LogP contribution is -2.10. The van der Waals surface area contributed by atoms with Crippen molar-refractivity contribution in [1.82, 2.24) is 9.97 Å². The zero-order chi connectivity index (χ0) is 13.8. The maximum Gasteiger partial charge on any atom is 0.133 e. The van der Waals surface area contributed by atoms with E-state index in [1.165, 1.54) is 19.3 Å². The van der Waals surface area contributed by atoms with Gasteiger partial charge >= 0.3 is 0 Å². The number of fused-ring (bicyclic) bond motifs is 3. The molecule has 106 valence electrons. The quantitative estimate of drug-likeness (QED) is 0.931. The van der Waals surface area contributed by atoms with Crippen molar-refractivity contribution >= 4 is 5.82 Å². The van der Waals surface area contributed by atoms with Crippen molar-refractivity contribution in [2.45, 2.75) is 31.1 Å². The van der Waals surface area contributed by atoms with Gasteiger partial charge in [-0.3, -0.25) is 0 Å². The van der Waals surface area contributed by atoms with E-state index in [0.717, 1.165) is 35.9 Å². The minimum absolute atomic E-state index is 0.624. The second kappa shape index (κ2) is 4.30. The summed E-state index contributed by atoms with van der Waals surface area (Å²) in [5.41, 5.74) is 3.16. The third-order valence-corrected chi connectivity index (χ3v) is 5.34. The lowest BCUT2D eigenvalue weighted by atomic mass is 10.0. The zero-order valence-corrected chi connectivity index (χ0v) is 12.0. The monoisotopic (exact) mass is 277 g/mol. The number of hydrogen-bond acceptors (Lipinski definition) is 3. The molecule has 0 bridgehead atoms. The molecule has 2 saturated carbocycles. The molecule has 1 aromatic carbocycles. The first-order valence-corrected chi connectivity index (χ1v) is 8.05. The molecule has 0 saturated heterocycles. The van der Waals surface area contributed by atoms with Crippen LogP contribution >= 0.6 is 0 Å². The molecule has 1 aromatic heterocycles. The standard InChI is InChI=1S/C18H19N3/c1-2-4-13-12(3-1)9-14-15(17(13)14)10-20-16-7-8-19-18(21-16)11-5-6-11/h1-4,7-8,11,14-15,17H,5-6,9-10H2,(H,19,20,21). The first-order chi connectivity index (χ1) is 10.4. The Kier molecular flexibility index (Phi) is 2.40. The lowest BCUT2D eigenvalue weighted by Gasteiger charge is -2.09. The molecule has 2 fully saturated rings. The first kappa shape index (κ1) is 11.7. The Bertz CT molecular complexity index is 692. The Morgan fingerprint density at radius 2 is 2.05 bits per heavy atom. The third kappa shape index (κ3) is 1.95. The number of nitrogens with zero attached hydrogens (tertiary/aromatic N) is 2. The summed E-state index contributed by atoms with van der Waals surface area (Å²) in [6.07, 6.45) is 5.68.